The summed E-state index contributed by atoms with van der Waals surface area (Å²) in [5.41, 5.74) is 1.24. The highest BCUT2D eigenvalue weighted by molar-refractivity contribution is 7.95. The number of hydrogen-bond acceptors (Lipinski definition) is 6. The normalized spacial score (nSPS) is 12.3. The molecule has 0 unspecified atom stereocenters. The fourth-order valence-electron chi connectivity index (χ4n) is 2.87. The second kappa shape index (κ2) is 9.23. The molecule has 166 valence electrons. The van der Waals surface area contributed by atoms with E-state index in [1.807, 2.05) is 51.1 Å². The van der Waals surface area contributed by atoms with Crippen LogP contribution in [0.2, 0.25) is 0 Å². The Bertz CT molecular complexity index is 1210. The maximum atomic E-state index is 12.8. The minimum absolute atomic E-state index is 0.137. The quantitative estimate of drug-likeness (QED) is 0.363. The number of hydrogen-bond donors (Lipinski definition) is 1. The molecular formula is C24H24N2O5S. The molecule has 0 aliphatic rings. The predicted octanol–water partition coefficient (Wildman–Crippen LogP) is 5.74. The summed E-state index contributed by atoms with van der Waals surface area (Å²) in [5, 5.41) is 13.3. The van der Waals surface area contributed by atoms with Gasteiger partial charge >= 0.3 is 5.03 Å². The lowest BCUT2D eigenvalue weighted by atomic mass is 9.87. The summed E-state index contributed by atoms with van der Waals surface area (Å²) in [4.78, 5) is 10.5. The van der Waals surface area contributed by atoms with E-state index in [2.05, 4.69) is 5.32 Å². The van der Waals surface area contributed by atoms with Crippen molar-refractivity contribution in [2.24, 2.45) is 0 Å². The minimum Gasteiger partial charge on any atom is -0.457 e. The second-order valence-electron chi connectivity index (χ2n) is 8.10. The molecule has 0 heterocycles. The third-order valence-corrected chi connectivity index (χ3v) is 6.39. The van der Waals surface area contributed by atoms with Gasteiger partial charge in [0.1, 0.15) is 11.5 Å². The summed E-state index contributed by atoms with van der Waals surface area (Å²) in [5.74, 6) is 1.25. The smallest absolute Gasteiger partial charge is 0.379 e. The van der Waals surface area contributed by atoms with Gasteiger partial charge in [0.25, 0.3) is 9.84 Å². The zero-order valence-electron chi connectivity index (χ0n) is 18.0. The fourth-order valence-corrected chi connectivity index (χ4v) is 4.02. The highest BCUT2D eigenvalue weighted by Gasteiger charge is 2.31. The number of sulfone groups is 1. The van der Waals surface area contributed by atoms with Gasteiger partial charge in [-0.2, -0.15) is 0 Å². The Balaban J connectivity index is 1.79. The lowest BCUT2D eigenvalue weighted by Gasteiger charge is -2.18. The maximum absolute atomic E-state index is 12.8. The van der Waals surface area contributed by atoms with E-state index in [9.17, 15) is 18.5 Å². The number of para-hydroxylation sites is 1. The van der Waals surface area contributed by atoms with Gasteiger partial charge in [-0.15, -0.1) is 0 Å². The van der Waals surface area contributed by atoms with Crippen molar-refractivity contribution in [2.45, 2.75) is 31.1 Å². The van der Waals surface area contributed by atoms with Crippen molar-refractivity contribution in [1.29, 1.82) is 0 Å². The van der Waals surface area contributed by atoms with E-state index in [0.717, 1.165) is 11.8 Å². The van der Waals surface area contributed by atoms with Crippen LogP contribution in [0.5, 0.6) is 11.5 Å². The van der Waals surface area contributed by atoms with Gasteiger partial charge in [-0.1, -0.05) is 51.1 Å². The number of benzene rings is 3. The Hall–Kier alpha value is -3.65. The molecule has 0 saturated heterocycles. The van der Waals surface area contributed by atoms with Crippen molar-refractivity contribution in [1.82, 2.24) is 0 Å². The molecule has 0 amide bonds. The number of ether oxygens (including phenoxy) is 1. The molecule has 0 fully saturated rings. The van der Waals surface area contributed by atoms with Gasteiger partial charge < -0.3 is 10.1 Å². The summed E-state index contributed by atoms with van der Waals surface area (Å²) in [6.07, 6.45) is 0.889. The van der Waals surface area contributed by atoms with Crippen molar-refractivity contribution in [3.05, 3.63) is 106 Å². The van der Waals surface area contributed by atoms with E-state index in [-0.39, 0.29) is 10.3 Å². The number of anilines is 1. The van der Waals surface area contributed by atoms with Gasteiger partial charge in [0.05, 0.1) is 16.0 Å². The van der Waals surface area contributed by atoms with Crippen LogP contribution in [0.3, 0.4) is 0 Å². The Morgan fingerprint density at radius 1 is 0.906 bits per heavy atom. The second-order valence-corrected chi connectivity index (χ2v) is 10.00. The molecule has 0 bridgehead atoms. The van der Waals surface area contributed by atoms with E-state index in [1.165, 1.54) is 12.1 Å². The van der Waals surface area contributed by atoms with Gasteiger partial charge in [0, 0.05) is 5.69 Å². The molecule has 0 radical (unpaired) electrons. The van der Waals surface area contributed by atoms with Crippen molar-refractivity contribution in [3.8, 4) is 11.5 Å². The topological polar surface area (TPSA) is 98.5 Å². The van der Waals surface area contributed by atoms with E-state index in [0.29, 0.717) is 17.2 Å². The molecule has 0 atom stereocenters. The third kappa shape index (κ3) is 5.53. The van der Waals surface area contributed by atoms with Crippen LogP contribution in [0.15, 0.2) is 95.0 Å². The molecule has 0 spiro atoms. The van der Waals surface area contributed by atoms with Gasteiger partial charge in [0.2, 0.25) is 0 Å². The summed E-state index contributed by atoms with van der Waals surface area (Å²) >= 11 is 0. The summed E-state index contributed by atoms with van der Waals surface area (Å²) in [6.45, 7) is 6.00. The first-order valence-corrected chi connectivity index (χ1v) is 11.4. The first-order valence-electron chi connectivity index (χ1n) is 9.87. The maximum Gasteiger partial charge on any atom is 0.379 e. The lowest BCUT2D eigenvalue weighted by molar-refractivity contribution is -0.411. The molecule has 3 aromatic carbocycles. The van der Waals surface area contributed by atoms with Gasteiger partial charge in [0.15, 0.2) is 0 Å². The molecular weight excluding hydrogens is 428 g/mol. The fraction of sp³-hybridized carbons (Fsp3) is 0.167. The highest BCUT2D eigenvalue weighted by atomic mass is 32.2. The van der Waals surface area contributed by atoms with Crippen molar-refractivity contribution in [2.75, 3.05) is 5.32 Å². The number of nitrogens with zero attached hydrogens (tertiary/aromatic N) is 1. The van der Waals surface area contributed by atoms with Crippen LogP contribution < -0.4 is 10.1 Å². The molecule has 0 saturated carbocycles. The average molecular weight is 453 g/mol. The summed E-state index contributed by atoms with van der Waals surface area (Å²) in [7, 11) is -4.31. The Morgan fingerprint density at radius 2 is 1.47 bits per heavy atom. The first kappa shape index (κ1) is 23.0. The third-order valence-electron chi connectivity index (χ3n) is 4.68. The monoisotopic (exact) mass is 452 g/mol. The van der Waals surface area contributed by atoms with Crippen LogP contribution in [0, 0.1) is 10.1 Å². The van der Waals surface area contributed by atoms with Crippen LogP contribution in [0.25, 0.3) is 0 Å². The van der Waals surface area contributed by atoms with Crippen LogP contribution in [-0.2, 0) is 15.3 Å². The van der Waals surface area contributed by atoms with Crippen molar-refractivity contribution >= 4 is 15.5 Å². The van der Waals surface area contributed by atoms with Crippen LogP contribution >= 0.6 is 0 Å². The molecule has 0 aliphatic heterocycles. The van der Waals surface area contributed by atoms with Crippen LogP contribution in [0.4, 0.5) is 5.69 Å². The molecule has 0 aromatic heterocycles. The zero-order chi connectivity index (χ0) is 23.4. The Kier molecular flexibility index (Phi) is 6.64. The molecule has 32 heavy (non-hydrogen) atoms. The minimum atomic E-state index is -4.31. The van der Waals surface area contributed by atoms with Crippen LogP contribution in [-0.4, -0.2) is 13.3 Å². The van der Waals surface area contributed by atoms with Crippen molar-refractivity contribution in [3.63, 3.8) is 0 Å². The van der Waals surface area contributed by atoms with Gasteiger partial charge in [-0.3, -0.25) is 10.1 Å². The Morgan fingerprint density at radius 3 is 2.00 bits per heavy atom. The van der Waals surface area contributed by atoms with Gasteiger partial charge in [-0.25, -0.2) is 8.42 Å². The first-order chi connectivity index (χ1) is 15.1. The Labute approximate surface area is 187 Å². The van der Waals surface area contributed by atoms with Crippen LogP contribution in [0.1, 0.15) is 26.3 Å². The molecule has 1 N–H and O–H groups in total. The van der Waals surface area contributed by atoms with E-state index >= 15 is 0 Å². The largest absolute Gasteiger partial charge is 0.457 e. The summed E-state index contributed by atoms with van der Waals surface area (Å²) in [6, 6.07) is 22.0. The number of rotatable bonds is 7. The lowest BCUT2D eigenvalue weighted by Crippen LogP contribution is -2.15. The van der Waals surface area contributed by atoms with Gasteiger partial charge in [-0.05, 0) is 59.5 Å². The molecule has 3 rings (SSSR count). The van der Waals surface area contributed by atoms with E-state index in [4.69, 9.17) is 4.74 Å². The SMILES string of the molecule is CC(C)(C)c1ccc(S(=O)(=O)C(=CNc2ccc(Oc3ccccc3)cc2)[N+](=O)[O-])cc1. The zero-order valence-corrected chi connectivity index (χ0v) is 18.8. The summed E-state index contributed by atoms with van der Waals surface area (Å²) < 4.78 is 31.4. The number of nitro groups is 1. The van der Waals surface area contributed by atoms with E-state index in [1.54, 1.807) is 36.4 Å². The molecule has 3 aromatic rings. The molecule has 0 aliphatic carbocycles. The molecule has 8 heteroatoms. The number of nitrogens with one attached hydrogen (secondary N) is 1. The van der Waals surface area contributed by atoms with Crippen molar-refractivity contribution < 1.29 is 18.1 Å². The molecule has 7 nitrogen and oxygen atoms in total. The predicted molar refractivity (Wildman–Crippen MR) is 124 cm³/mol. The highest BCUT2D eigenvalue weighted by Crippen LogP contribution is 2.27. The van der Waals surface area contributed by atoms with E-state index < -0.39 is 19.8 Å². The standard InChI is InChI=1S/C24H24N2O5S/c1-24(2,3)18-9-15-22(16-10-18)32(29,30)23(26(27)28)17-25-19-11-13-21(14-12-19)31-20-7-5-4-6-8-20/h4-17,25H,1-3H3. The average Bonchev–Trinajstić information content (AvgIpc) is 2.75.